The van der Waals surface area contributed by atoms with Gasteiger partial charge in [-0.3, -0.25) is 9.69 Å². The van der Waals surface area contributed by atoms with Crippen LogP contribution in [0.5, 0.6) is 5.75 Å². The van der Waals surface area contributed by atoms with Crippen LogP contribution in [0.2, 0.25) is 0 Å². The highest BCUT2D eigenvalue weighted by Gasteiger charge is 2.53. The molecular formula is C24H31NO6S. The highest BCUT2D eigenvalue weighted by atomic mass is 32.2. The van der Waals surface area contributed by atoms with Crippen molar-refractivity contribution >= 4 is 15.8 Å². The van der Waals surface area contributed by atoms with Crippen LogP contribution in [0.3, 0.4) is 0 Å². The zero-order valence-electron chi connectivity index (χ0n) is 18.6. The average molecular weight is 462 g/mol. The molecule has 1 unspecified atom stereocenters. The molecule has 0 spiro atoms. The zero-order valence-corrected chi connectivity index (χ0v) is 19.4. The predicted octanol–water partition coefficient (Wildman–Crippen LogP) is 3.90. The molecule has 1 aliphatic rings. The summed E-state index contributed by atoms with van der Waals surface area (Å²) in [4.78, 5) is 14.3. The van der Waals surface area contributed by atoms with Crippen LogP contribution in [0.15, 0.2) is 59.5 Å². The molecule has 174 valence electrons. The highest BCUT2D eigenvalue weighted by Crippen LogP contribution is 2.38. The molecule has 0 radical (unpaired) electrons. The van der Waals surface area contributed by atoms with Crippen molar-refractivity contribution in [2.45, 2.75) is 48.5 Å². The number of piperidine rings is 1. The lowest BCUT2D eigenvalue weighted by Crippen LogP contribution is -2.54. The summed E-state index contributed by atoms with van der Waals surface area (Å²) in [6.07, 6.45) is 1.51. The summed E-state index contributed by atoms with van der Waals surface area (Å²) in [6, 6.07) is 15.7. The van der Waals surface area contributed by atoms with Crippen LogP contribution in [-0.2, 0) is 19.4 Å². The molecule has 0 bridgehead atoms. The zero-order chi connectivity index (χ0) is 23.2. The highest BCUT2D eigenvalue weighted by molar-refractivity contribution is 7.93. The molecular weight excluding hydrogens is 430 g/mol. The Morgan fingerprint density at radius 3 is 2.25 bits per heavy atom. The van der Waals surface area contributed by atoms with Crippen LogP contribution in [0.25, 0.3) is 0 Å². The maximum atomic E-state index is 13.5. The normalized spacial score (nSPS) is 17.6. The molecule has 1 fully saturated rings. The van der Waals surface area contributed by atoms with E-state index in [4.69, 9.17) is 9.47 Å². The van der Waals surface area contributed by atoms with Gasteiger partial charge < -0.3 is 14.6 Å². The van der Waals surface area contributed by atoms with Crippen molar-refractivity contribution in [1.82, 2.24) is 4.90 Å². The molecule has 2 aromatic rings. The van der Waals surface area contributed by atoms with E-state index in [1.54, 1.807) is 19.2 Å². The number of carbonyl (C=O) groups is 1. The first-order chi connectivity index (χ1) is 15.4. The van der Waals surface area contributed by atoms with Gasteiger partial charge in [0.25, 0.3) is 0 Å². The van der Waals surface area contributed by atoms with E-state index in [-0.39, 0.29) is 37.1 Å². The van der Waals surface area contributed by atoms with E-state index in [1.807, 2.05) is 35.2 Å². The third kappa shape index (κ3) is 4.82. The fourth-order valence-electron chi connectivity index (χ4n) is 4.11. The Kier molecular flexibility index (Phi) is 7.92. The monoisotopic (exact) mass is 461 g/mol. The number of carboxylic acids is 1. The third-order valence-electron chi connectivity index (χ3n) is 6.05. The lowest BCUT2D eigenvalue weighted by molar-refractivity contribution is -0.142. The van der Waals surface area contributed by atoms with Gasteiger partial charge in [0, 0.05) is 20.2 Å². The molecule has 8 heteroatoms. The predicted molar refractivity (Wildman–Crippen MR) is 121 cm³/mol. The number of hydrogen-bond donors (Lipinski definition) is 1. The summed E-state index contributed by atoms with van der Waals surface area (Å²) in [6.45, 7) is 3.19. The van der Waals surface area contributed by atoms with Gasteiger partial charge >= 0.3 is 5.97 Å². The Hall–Kier alpha value is -2.42. The second-order valence-electron chi connectivity index (χ2n) is 8.01. The molecule has 1 aliphatic heterocycles. The van der Waals surface area contributed by atoms with E-state index < -0.39 is 20.6 Å². The Morgan fingerprint density at radius 2 is 1.72 bits per heavy atom. The van der Waals surface area contributed by atoms with E-state index in [1.165, 1.54) is 12.1 Å². The molecule has 1 N–H and O–H groups in total. The number of methoxy groups -OCH3 is 1. The van der Waals surface area contributed by atoms with Crippen LogP contribution < -0.4 is 4.74 Å². The fourth-order valence-corrected chi connectivity index (χ4v) is 6.00. The van der Waals surface area contributed by atoms with Gasteiger partial charge in [0.2, 0.25) is 0 Å². The minimum Gasteiger partial charge on any atom is -0.494 e. The van der Waals surface area contributed by atoms with Crippen LogP contribution in [0.4, 0.5) is 0 Å². The number of ether oxygens (including phenoxy) is 2. The van der Waals surface area contributed by atoms with Gasteiger partial charge in [-0.05, 0) is 49.1 Å². The molecule has 1 heterocycles. The number of likely N-dealkylation sites (tertiary alicyclic amines) is 1. The van der Waals surface area contributed by atoms with Crippen molar-refractivity contribution in [3.63, 3.8) is 0 Å². The number of unbranched alkanes of at least 4 members (excludes halogenated alkanes) is 1. The second kappa shape index (κ2) is 10.5. The Bertz CT molecular complexity index is 983. The Morgan fingerprint density at radius 1 is 1.09 bits per heavy atom. The van der Waals surface area contributed by atoms with E-state index in [0.29, 0.717) is 12.4 Å². The summed E-state index contributed by atoms with van der Waals surface area (Å²) in [7, 11) is -2.51. The van der Waals surface area contributed by atoms with E-state index in [2.05, 4.69) is 6.92 Å². The molecule has 0 aliphatic carbocycles. The summed E-state index contributed by atoms with van der Waals surface area (Å²) in [5.74, 6) is -0.739. The van der Waals surface area contributed by atoms with Crippen LogP contribution in [0, 0.1) is 0 Å². The number of carboxylic acid groups (broad SMARTS) is 1. The first-order valence-corrected chi connectivity index (χ1v) is 12.4. The molecule has 32 heavy (non-hydrogen) atoms. The fraction of sp³-hybridized carbons (Fsp3) is 0.458. The maximum absolute atomic E-state index is 13.5. The van der Waals surface area contributed by atoms with E-state index in [9.17, 15) is 18.3 Å². The largest absolute Gasteiger partial charge is 0.494 e. The first-order valence-electron chi connectivity index (χ1n) is 10.9. The lowest BCUT2D eigenvalue weighted by Gasteiger charge is -2.41. The topological polar surface area (TPSA) is 93.1 Å². The molecule has 0 aromatic heterocycles. The van der Waals surface area contributed by atoms with Crippen molar-refractivity contribution in [3.05, 3.63) is 60.2 Å². The molecule has 0 saturated carbocycles. The van der Waals surface area contributed by atoms with Crippen LogP contribution in [-0.4, -0.2) is 55.9 Å². The number of rotatable bonds is 10. The number of sulfone groups is 1. The minimum atomic E-state index is -4.11. The van der Waals surface area contributed by atoms with Crippen molar-refractivity contribution in [2.24, 2.45) is 0 Å². The Labute approximate surface area is 189 Å². The van der Waals surface area contributed by atoms with Crippen molar-refractivity contribution in [3.8, 4) is 5.75 Å². The van der Waals surface area contributed by atoms with Gasteiger partial charge in [0.1, 0.15) is 12.0 Å². The SMILES string of the molecule is CCCCOc1ccc(S(=O)(=O)C2(C(=O)O)CCN(C(OC)c3ccccc3)CC2)cc1. The molecule has 2 aromatic carbocycles. The third-order valence-corrected chi connectivity index (χ3v) is 8.55. The van der Waals surface area contributed by atoms with E-state index >= 15 is 0 Å². The number of nitrogens with zero attached hydrogens (tertiary/aromatic N) is 1. The second-order valence-corrected chi connectivity index (χ2v) is 10.3. The molecule has 3 rings (SSSR count). The van der Waals surface area contributed by atoms with Gasteiger partial charge in [-0.1, -0.05) is 43.7 Å². The van der Waals surface area contributed by atoms with Crippen molar-refractivity contribution < 1.29 is 27.8 Å². The minimum absolute atomic E-state index is 0.00235. The van der Waals surface area contributed by atoms with E-state index in [0.717, 1.165) is 18.4 Å². The number of hydrogen-bond acceptors (Lipinski definition) is 6. The van der Waals surface area contributed by atoms with Gasteiger partial charge in [0.05, 0.1) is 11.5 Å². The molecule has 1 saturated heterocycles. The van der Waals surface area contributed by atoms with Gasteiger partial charge in [-0.2, -0.15) is 0 Å². The summed E-state index contributed by atoms with van der Waals surface area (Å²) < 4.78 is 36.3. The summed E-state index contributed by atoms with van der Waals surface area (Å²) in [5.41, 5.74) is 0.944. The van der Waals surface area contributed by atoms with Crippen molar-refractivity contribution in [2.75, 3.05) is 26.8 Å². The van der Waals surface area contributed by atoms with Gasteiger partial charge in [0.15, 0.2) is 14.6 Å². The first kappa shape index (κ1) is 24.2. The van der Waals surface area contributed by atoms with Crippen LogP contribution >= 0.6 is 0 Å². The molecule has 1 atom stereocenters. The lowest BCUT2D eigenvalue weighted by atomic mass is 9.95. The van der Waals surface area contributed by atoms with Gasteiger partial charge in [-0.25, -0.2) is 8.42 Å². The molecule has 0 amide bonds. The Balaban J connectivity index is 1.79. The quantitative estimate of drug-likeness (QED) is 0.536. The maximum Gasteiger partial charge on any atom is 0.325 e. The summed E-state index contributed by atoms with van der Waals surface area (Å²) in [5, 5.41) is 10.0. The average Bonchev–Trinajstić information content (AvgIpc) is 2.81. The summed E-state index contributed by atoms with van der Waals surface area (Å²) >= 11 is 0. The van der Waals surface area contributed by atoms with Crippen LogP contribution in [0.1, 0.15) is 44.4 Å². The smallest absolute Gasteiger partial charge is 0.325 e. The van der Waals surface area contributed by atoms with Crippen molar-refractivity contribution in [1.29, 1.82) is 0 Å². The number of benzene rings is 2. The standard InChI is InChI=1S/C24H31NO6S/c1-3-4-18-31-20-10-12-21(13-11-20)32(28,29)24(23(26)27)14-16-25(17-15-24)22(30-2)19-8-6-5-7-9-19/h5-13,22H,3-4,14-18H2,1-2H3,(H,26,27). The number of aliphatic carboxylic acids is 1. The van der Waals surface area contributed by atoms with Gasteiger partial charge in [-0.15, -0.1) is 0 Å². The molecule has 7 nitrogen and oxygen atoms in total.